The molecule has 316 valence electrons. The van der Waals surface area contributed by atoms with E-state index in [0.29, 0.717) is 29.7 Å². The third kappa shape index (κ3) is 13.7. The molecule has 9 heteroatoms. The van der Waals surface area contributed by atoms with Crippen LogP contribution in [0.4, 0.5) is 5.69 Å². The summed E-state index contributed by atoms with van der Waals surface area (Å²) in [5, 5.41) is 1.52. The molecule has 57 heavy (non-hydrogen) atoms. The van der Waals surface area contributed by atoms with Crippen LogP contribution >= 0.6 is 7.92 Å². The molecule has 2 saturated carbocycles. The molecule has 0 aromatic heterocycles. The maximum Gasteiger partial charge on any atom is 0.127 e. The summed E-state index contributed by atoms with van der Waals surface area (Å²) in [6.07, 6.45) is 14.5. The second kappa shape index (κ2) is 23.2. The summed E-state index contributed by atoms with van der Waals surface area (Å²) in [4.78, 5) is 0. The van der Waals surface area contributed by atoms with Crippen LogP contribution < -0.4 is 14.8 Å². The van der Waals surface area contributed by atoms with Crippen molar-refractivity contribution in [3.8, 4) is 33.8 Å². The zero-order valence-electron chi connectivity index (χ0n) is 35.6. The molecular weight excluding hydrogens is 840 g/mol. The summed E-state index contributed by atoms with van der Waals surface area (Å²) in [6, 6.07) is 27.7. The van der Waals surface area contributed by atoms with Crippen molar-refractivity contribution in [1.82, 2.24) is 0 Å². The quantitative estimate of drug-likeness (QED) is 0.0683. The number of ether oxygens (including phenoxy) is 2. The average molecular weight is 906 g/mol. The van der Waals surface area contributed by atoms with Gasteiger partial charge in [0.05, 0.1) is 24.3 Å². The van der Waals surface area contributed by atoms with Crippen molar-refractivity contribution in [1.29, 1.82) is 0 Å². The molecular formula is C48H65NO5PPdS-3. The average Bonchev–Trinajstić information content (AvgIpc) is 3.18. The minimum Gasteiger partial charge on any atom is -0.748 e. The smallest absolute Gasteiger partial charge is 0.127 e. The van der Waals surface area contributed by atoms with Crippen LogP contribution in [0.15, 0.2) is 72.8 Å². The van der Waals surface area contributed by atoms with Crippen LogP contribution in [-0.2, 0) is 30.5 Å². The number of methoxy groups -OCH3 is 2. The van der Waals surface area contributed by atoms with Gasteiger partial charge in [0.2, 0.25) is 0 Å². The fourth-order valence-corrected chi connectivity index (χ4v) is 12.4. The van der Waals surface area contributed by atoms with Crippen LogP contribution in [-0.4, -0.2) is 44.8 Å². The second-order valence-electron chi connectivity index (χ2n) is 16.2. The molecule has 0 unspecified atom stereocenters. The SMILES string of the molecule is COc1ccc(OC)c(P(C2CCCCC2)C2CCCCC2)c1-c1c(C(C)C)cc(C(C)C)cc1C(C)C.CS(=O)(=O)[O-].[NH-]c1ccccc1-c1[c-]cccc1.[Pd]. The zero-order valence-corrected chi connectivity index (χ0v) is 38.9. The van der Waals surface area contributed by atoms with Crippen molar-refractivity contribution in [2.75, 3.05) is 20.5 Å². The molecule has 4 aromatic rings. The standard InChI is InChI=1S/C35H53O2P.C12H9N.CH4O3S.Pd/c1-23(2)26-21-29(24(3)4)33(30(22-26)25(5)6)34-31(36-7)19-20-32(37-8)35(34)38(27-15-11-9-12-16-27)28-17-13-10-14-18-28;13-12-9-5-4-8-11(12)10-6-2-1-3-7-10;1-5(2,3)4;/h19-25,27-28H,9-18H2,1-8H3;1-6,8-9,13H;1H3,(H,2,3,4);/q;-2;;/p-1. The Balaban J connectivity index is 0.000000377. The van der Waals surface area contributed by atoms with Crippen LogP contribution in [0.5, 0.6) is 11.5 Å². The van der Waals surface area contributed by atoms with E-state index < -0.39 is 10.1 Å². The van der Waals surface area contributed by atoms with Gasteiger partial charge in [0.1, 0.15) is 11.5 Å². The summed E-state index contributed by atoms with van der Waals surface area (Å²) in [5.74, 6) is 3.50. The minimum absolute atomic E-state index is 0. The van der Waals surface area contributed by atoms with Crippen LogP contribution in [0.1, 0.15) is 140 Å². The molecule has 0 spiro atoms. The Bertz CT molecular complexity index is 1880. The molecule has 2 aliphatic carbocycles. The van der Waals surface area contributed by atoms with Crippen LogP contribution in [0, 0.1) is 6.07 Å². The van der Waals surface area contributed by atoms with Gasteiger partial charge in [0.15, 0.2) is 0 Å². The Kier molecular flexibility index (Phi) is 19.8. The molecule has 6 nitrogen and oxygen atoms in total. The van der Waals surface area contributed by atoms with Gasteiger partial charge in [-0.25, -0.2) is 8.42 Å². The maximum atomic E-state index is 9.08. The Morgan fingerprint density at radius 1 is 0.702 bits per heavy atom. The van der Waals surface area contributed by atoms with Gasteiger partial charge >= 0.3 is 0 Å². The van der Waals surface area contributed by atoms with E-state index in [2.05, 4.69) is 71.9 Å². The Labute approximate surface area is 360 Å². The summed E-state index contributed by atoms with van der Waals surface area (Å²) >= 11 is 0. The molecule has 0 amide bonds. The molecule has 0 radical (unpaired) electrons. The van der Waals surface area contributed by atoms with E-state index in [1.54, 1.807) is 6.07 Å². The number of rotatable bonds is 10. The fourth-order valence-electron chi connectivity index (χ4n) is 8.29. The summed E-state index contributed by atoms with van der Waals surface area (Å²) in [5.41, 5.74) is 18.9. The van der Waals surface area contributed by atoms with Crippen LogP contribution in [0.2, 0.25) is 0 Å². The largest absolute Gasteiger partial charge is 0.748 e. The van der Waals surface area contributed by atoms with Gasteiger partial charge in [-0.2, -0.15) is 5.69 Å². The number of benzene rings is 4. The van der Waals surface area contributed by atoms with Gasteiger partial charge in [0.25, 0.3) is 0 Å². The third-order valence-corrected chi connectivity index (χ3v) is 14.6. The first-order valence-electron chi connectivity index (χ1n) is 20.6. The van der Waals surface area contributed by atoms with Crippen molar-refractivity contribution < 1.29 is 42.9 Å². The van der Waals surface area contributed by atoms with Crippen molar-refractivity contribution in [2.45, 2.75) is 135 Å². The van der Waals surface area contributed by atoms with Crippen molar-refractivity contribution >= 4 is 29.0 Å². The van der Waals surface area contributed by atoms with Gasteiger partial charge in [-0.05, 0) is 89.1 Å². The van der Waals surface area contributed by atoms with Gasteiger partial charge in [-0.15, -0.1) is 41.5 Å². The predicted octanol–water partition coefficient (Wildman–Crippen LogP) is 13.5. The Hall–Kier alpha value is -2.72. The number of hydrogen-bond donors (Lipinski definition) is 0. The van der Waals surface area contributed by atoms with E-state index in [-0.39, 0.29) is 28.3 Å². The van der Waals surface area contributed by atoms with E-state index >= 15 is 0 Å². The number of hydrogen-bond acceptors (Lipinski definition) is 5. The Morgan fingerprint density at radius 2 is 1.18 bits per heavy atom. The van der Waals surface area contributed by atoms with E-state index in [9.17, 15) is 0 Å². The van der Waals surface area contributed by atoms with Crippen molar-refractivity contribution in [3.05, 3.63) is 101 Å². The summed E-state index contributed by atoms with van der Waals surface area (Å²) in [6.45, 7) is 14.1. The molecule has 1 N–H and O–H groups in total. The summed E-state index contributed by atoms with van der Waals surface area (Å²) < 4.78 is 39.8. The van der Waals surface area contributed by atoms with Crippen molar-refractivity contribution in [3.63, 3.8) is 0 Å². The van der Waals surface area contributed by atoms with Crippen LogP contribution in [0.25, 0.3) is 28.0 Å². The van der Waals surface area contributed by atoms with Gasteiger partial charge in [0, 0.05) is 37.5 Å². The molecule has 0 bridgehead atoms. The predicted molar refractivity (Wildman–Crippen MR) is 238 cm³/mol. The molecule has 2 fully saturated rings. The maximum absolute atomic E-state index is 9.08. The first-order chi connectivity index (χ1) is 26.7. The molecule has 0 aliphatic heterocycles. The zero-order chi connectivity index (χ0) is 41.0. The van der Waals surface area contributed by atoms with Crippen LogP contribution in [0.3, 0.4) is 0 Å². The minimum atomic E-state index is -3.92. The second-order valence-corrected chi connectivity index (χ2v) is 20.4. The first kappa shape index (κ1) is 48.6. The van der Waals surface area contributed by atoms with Gasteiger partial charge < -0.3 is 19.8 Å². The fraction of sp³-hybridized carbons (Fsp3) is 0.500. The van der Waals surface area contributed by atoms with E-state index in [4.69, 9.17) is 28.2 Å². The molecule has 4 aromatic carbocycles. The monoisotopic (exact) mass is 904 g/mol. The molecule has 0 heterocycles. The molecule has 0 atom stereocenters. The Morgan fingerprint density at radius 3 is 1.60 bits per heavy atom. The van der Waals surface area contributed by atoms with Crippen molar-refractivity contribution in [2.24, 2.45) is 0 Å². The number of nitrogens with one attached hydrogen (secondary N) is 1. The summed E-state index contributed by atoms with van der Waals surface area (Å²) in [7, 11) is -0.536. The molecule has 0 saturated heterocycles. The third-order valence-electron chi connectivity index (χ3n) is 11.0. The molecule has 2 aliphatic rings. The van der Waals surface area contributed by atoms with E-state index in [1.165, 1.54) is 97.3 Å². The normalized spacial score (nSPS) is 15.1. The van der Waals surface area contributed by atoms with Gasteiger partial charge in [-0.3, -0.25) is 0 Å². The van der Waals surface area contributed by atoms with E-state index in [1.807, 2.05) is 56.7 Å². The van der Waals surface area contributed by atoms with Gasteiger partial charge in [-0.1, -0.05) is 124 Å². The first-order valence-corrected chi connectivity index (χ1v) is 23.9. The molecule has 6 rings (SSSR count). The topological polar surface area (TPSA) is 99.5 Å². The van der Waals surface area contributed by atoms with E-state index in [0.717, 1.165) is 33.9 Å².